The molecule has 2 aromatic rings. The summed E-state index contributed by atoms with van der Waals surface area (Å²) in [5.41, 5.74) is 2.05. The smallest absolute Gasteiger partial charge is 0.234 e. The van der Waals surface area contributed by atoms with E-state index >= 15 is 0 Å². The SMILES string of the molecule is CS(=O)(=O)c1cccc(NC(=O)CSc2nncs2)c1. The predicted molar refractivity (Wildman–Crippen MR) is 78.8 cm³/mol. The number of hydrogen-bond acceptors (Lipinski definition) is 7. The zero-order valence-corrected chi connectivity index (χ0v) is 12.9. The lowest BCUT2D eigenvalue weighted by atomic mass is 10.3. The normalized spacial score (nSPS) is 11.2. The van der Waals surface area contributed by atoms with Crippen LogP contribution < -0.4 is 5.32 Å². The Bertz CT molecular complexity index is 699. The Balaban J connectivity index is 1.97. The molecule has 0 bridgehead atoms. The molecule has 1 aromatic carbocycles. The molecule has 9 heteroatoms. The fourth-order valence-electron chi connectivity index (χ4n) is 1.35. The summed E-state index contributed by atoms with van der Waals surface area (Å²) in [6.07, 6.45) is 1.12. The van der Waals surface area contributed by atoms with Crippen molar-refractivity contribution in [3.8, 4) is 0 Å². The number of aromatic nitrogens is 2. The predicted octanol–water partition coefficient (Wildman–Crippen LogP) is 1.67. The van der Waals surface area contributed by atoms with Crippen molar-refractivity contribution in [1.82, 2.24) is 10.2 Å². The number of anilines is 1. The Morgan fingerprint density at radius 3 is 2.90 bits per heavy atom. The molecular weight excluding hydrogens is 318 g/mol. The number of carbonyl (C=O) groups excluding carboxylic acids is 1. The molecule has 6 nitrogen and oxygen atoms in total. The molecule has 0 aliphatic rings. The van der Waals surface area contributed by atoms with E-state index in [1.165, 1.54) is 35.2 Å². The number of nitrogens with one attached hydrogen (secondary N) is 1. The van der Waals surface area contributed by atoms with Crippen molar-refractivity contribution in [1.29, 1.82) is 0 Å². The van der Waals surface area contributed by atoms with Gasteiger partial charge in [0.15, 0.2) is 14.2 Å². The Morgan fingerprint density at radius 1 is 1.45 bits per heavy atom. The van der Waals surface area contributed by atoms with Crippen molar-refractivity contribution in [3.63, 3.8) is 0 Å². The number of amides is 1. The lowest BCUT2D eigenvalue weighted by Gasteiger charge is -2.05. The van der Waals surface area contributed by atoms with Gasteiger partial charge in [0.05, 0.1) is 10.6 Å². The van der Waals surface area contributed by atoms with Gasteiger partial charge in [0.2, 0.25) is 5.91 Å². The number of thioether (sulfide) groups is 1. The second-order valence-electron chi connectivity index (χ2n) is 3.84. The van der Waals surface area contributed by atoms with Gasteiger partial charge in [-0.05, 0) is 18.2 Å². The molecule has 0 saturated carbocycles. The van der Waals surface area contributed by atoms with E-state index in [9.17, 15) is 13.2 Å². The zero-order chi connectivity index (χ0) is 14.6. The topological polar surface area (TPSA) is 89.0 Å². The van der Waals surface area contributed by atoms with Crippen LogP contribution in [0.1, 0.15) is 0 Å². The van der Waals surface area contributed by atoms with Gasteiger partial charge in [-0.3, -0.25) is 4.79 Å². The molecule has 1 aromatic heterocycles. The first-order valence-electron chi connectivity index (χ1n) is 5.44. The summed E-state index contributed by atoms with van der Waals surface area (Å²) in [5, 5.41) is 10.1. The molecule has 1 N–H and O–H groups in total. The summed E-state index contributed by atoms with van der Waals surface area (Å²) >= 11 is 2.64. The molecule has 106 valence electrons. The Kier molecular flexibility index (Phi) is 4.73. The second-order valence-corrected chi connectivity index (χ2v) is 7.91. The van der Waals surface area contributed by atoms with E-state index in [1.54, 1.807) is 17.6 Å². The van der Waals surface area contributed by atoms with Crippen molar-refractivity contribution in [2.45, 2.75) is 9.24 Å². The highest BCUT2D eigenvalue weighted by Gasteiger charge is 2.09. The van der Waals surface area contributed by atoms with Crippen LogP contribution in [0.4, 0.5) is 5.69 Å². The van der Waals surface area contributed by atoms with Crippen LogP contribution in [0.3, 0.4) is 0 Å². The van der Waals surface area contributed by atoms with Crippen molar-refractivity contribution >= 4 is 44.5 Å². The number of hydrogen-bond donors (Lipinski definition) is 1. The number of carbonyl (C=O) groups is 1. The van der Waals surface area contributed by atoms with Crippen LogP contribution in [0, 0.1) is 0 Å². The quantitative estimate of drug-likeness (QED) is 0.839. The zero-order valence-electron chi connectivity index (χ0n) is 10.4. The Morgan fingerprint density at radius 2 is 2.25 bits per heavy atom. The van der Waals surface area contributed by atoms with E-state index in [-0.39, 0.29) is 16.6 Å². The minimum atomic E-state index is -3.28. The number of sulfone groups is 1. The lowest BCUT2D eigenvalue weighted by molar-refractivity contribution is -0.113. The van der Waals surface area contributed by atoms with Crippen molar-refractivity contribution < 1.29 is 13.2 Å². The minimum absolute atomic E-state index is 0.173. The van der Waals surface area contributed by atoms with E-state index in [4.69, 9.17) is 0 Å². The molecule has 0 spiro atoms. The largest absolute Gasteiger partial charge is 0.325 e. The van der Waals surface area contributed by atoms with Gasteiger partial charge in [0, 0.05) is 11.9 Å². The van der Waals surface area contributed by atoms with Crippen LogP contribution >= 0.6 is 23.1 Å². The van der Waals surface area contributed by atoms with Gasteiger partial charge in [-0.25, -0.2) is 8.42 Å². The fraction of sp³-hybridized carbons (Fsp3) is 0.182. The first kappa shape index (κ1) is 14.9. The number of rotatable bonds is 5. The Labute approximate surface area is 124 Å². The molecule has 0 aliphatic carbocycles. The third-order valence-corrected chi connectivity index (χ3v) is 5.18. The summed E-state index contributed by atoms with van der Waals surface area (Å²) in [5.74, 6) is -0.0333. The van der Waals surface area contributed by atoms with Crippen LogP contribution in [0.5, 0.6) is 0 Å². The van der Waals surface area contributed by atoms with Gasteiger partial charge in [0.25, 0.3) is 0 Å². The molecular formula is C11H11N3O3S3. The van der Waals surface area contributed by atoms with Gasteiger partial charge < -0.3 is 5.32 Å². The van der Waals surface area contributed by atoms with Gasteiger partial charge in [-0.2, -0.15) is 0 Å². The van der Waals surface area contributed by atoms with Crippen LogP contribution in [-0.2, 0) is 14.6 Å². The Hall–Kier alpha value is -1.45. The molecule has 1 amide bonds. The van der Waals surface area contributed by atoms with Crippen LogP contribution in [0.25, 0.3) is 0 Å². The average Bonchev–Trinajstić information content (AvgIpc) is 2.89. The number of nitrogens with zero attached hydrogens (tertiary/aromatic N) is 2. The first-order chi connectivity index (χ1) is 9.45. The number of benzene rings is 1. The van der Waals surface area contributed by atoms with E-state index in [0.29, 0.717) is 10.0 Å². The average molecular weight is 329 g/mol. The van der Waals surface area contributed by atoms with Crippen molar-refractivity contribution in [2.75, 3.05) is 17.3 Å². The summed E-state index contributed by atoms with van der Waals surface area (Å²) < 4.78 is 23.6. The van der Waals surface area contributed by atoms with Crippen molar-refractivity contribution in [2.24, 2.45) is 0 Å². The van der Waals surface area contributed by atoms with E-state index in [0.717, 1.165) is 6.26 Å². The monoisotopic (exact) mass is 329 g/mol. The molecule has 20 heavy (non-hydrogen) atoms. The summed E-state index contributed by atoms with van der Waals surface area (Å²) in [7, 11) is -3.28. The lowest BCUT2D eigenvalue weighted by Crippen LogP contribution is -2.14. The maximum absolute atomic E-state index is 11.7. The molecule has 0 saturated heterocycles. The molecule has 0 radical (unpaired) electrons. The van der Waals surface area contributed by atoms with E-state index < -0.39 is 9.84 Å². The molecule has 0 fully saturated rings. The van der Waals surface area contributed by atoms with E-state index in [2.05, 4.69) is 15.5 Å². The molecule has 0 atom stereocenters. The summed E-state index contributed by atoms with van der Waals surface area (Å²) in [4.78, 5) is 11.9. The van der Waals surface area contributed by atoms with Crippen molar-refractivity contribution in [3.05, 3.63) is 29.8 Å². The standard InChI is InChI=1S/C11H11N3O3S3/c1-20(16,17)9-4-2-3-8(5-9)13-10(15)6-18-11-14-12-7-19-11/h2-5,7H,6H2,1H3,(H,13,15). The molecule has 0 unspecified atom stereocenters. The minimum Gasteiger partial charge on any atom is -0.325 e. The molecule has 2 rings (SSSR count). The third kappa shape index (κ3) is 4.29. The van der Waals surface area contributed by atoms with Crippen LogP contribution in [0.2, 0.25) is 0 Å². The van der Waals surface area contributed by atoms with Gasteiger partial charge in [0.1, 0.15) is 5.51 Å². The first-order valence-corrected chi connectivity index (χ1v) is 9.20. The summed E-state index contributed by atoms with van der Waals surface area (Å²) in [6.45, 7) is 0. The molecule has 1 heterocycles. The molecule has 0 aliphatic heterocycles. The second kappa shape index (κ2) is 6.33. The van der Waals surface area contributed by atoms with Crippen LogP contribution in [-0.4, -0.2) is 36.5 Å². The third-order valence-electron chi connectivity index (χ3n) is 2.21. The highest BCUT2D eigenvalue weighted by molar-refractivity contribution is 8.01. The van der Waals surface area contributed by atoms with Gasteiger partial charge >= 0.3 is 0 Å². The van der Waals surface area contributed by atoms with Crippen LogP contribution in [0.15, 0.2) is 39.0 Å². The van der Waals surface area contributed by atoms with Gasteiger partial charge in [-0.1, -0.05) is 29.2 Å². The fourth-order valence-corrected chi connectivity index (χ4v) is 3.31. The highest BCUT2D eigenvalue weighted by Crippen LogP contribution is 2.20. The van der Waals surface area contributed by atoms with E-state index in [1.807, 2.05) is 0 Å². The van der Waals surface area contributed by atoms with Gasteiger partial charge in [-0.15, -0.1) is 10.2 Å². The summed E-state index contributed by atoms with van der Waals surface area (Å²) in [6, 6.07) is 6.15. The maximum Gasteiger partial charge on any atom is 0.234 e. The maximum atomic E-state index is 11.7. The highest BCUT2D eigenvalue weighted by atomic mass is 32.2.